The van der Waals surface area contributed by atoms with Gasteiger partial charge < -0.3 is 9.74 Å². The smallest absolute Gasteiger partial charge is 0.267 e. The number of amides is 1. The third kappa shape index (κ3) is 3.34. The number of carbonyl (C=O) groups excluding carboxylic acids is 1. The summed E-state index contributed by atoms with van der Waals surface area (Å²) in [5, 5.41) is 4.99. The topological polar surface area (TPSA) is 41.9 Å². The fourth-order valence-corrected chi connectivity index (χ4v) is 3.83. The molecule has 134 valence electrons. The maximum absolute atomic E-state index is 13.1. The quantitative estimate of drug-likeness (QED) is 0.813. The molecule has 1 fully saturated rings. The molecule has 0 aliphatic carbocycles. The van der Waals surface area contributed by atoms with E-state index >= 15 is 0 Å². The van der Waals surface area contributed by atoms with Crippen molar-refractivity contribution >= 4 is 23.2 Å². The SMILES string of the molecule is O=C([C@H]1ON=C(c2ccc(Cl)cc2)[C@@H]1c1ccccc1)N1CCCCC1. The highest BCUT2D eigenvalue weighted by atomic mass is 35.5. The molecule has 2 aliphatic rings. The average molecular weight is 369 g/mol. The molecule has 2 aromatic rings. The molecule has 2 heterocycles. The van der Waals surface area contributed by atoms with Crippen LogP contribution in [-0.2, 0) is 9.63 Å². The molecule has 2 aliphatic heterocycles. The fraction of sp³-hybridized carbons (Fsp3) is 0.333. The van der Waals surface area contributed by atoms with Crippen LogP contribution in [0, 0.1) is 0 Å². The number of hydrogen-bond donors (Lipinski definition) is 0. The molecule has 5 heteroatoms. The number of hydrogen-bond acceptors (Lipinski definition) is 3. The standard InChI is InChI=1S/C21H21ClN2O2/c22-17-11-9-16(10-12-17)19-18(15-7-3-1-4-8-15)20(26-23-19)21(25)24-13-5-2-6-14-24/h1,3-4,7-12,18,20H,2,5-6,13-14H2/t18-,20-/m0/s1. The molecule has 0 unspecified atom stereocenters. The highest BCUT2D eigenvalue weighted by Gasteiger charge is 2.43. The van der Waals surface area contributed by atoms with E-state index in [0.717, 1.165) is 42.8 Å². The van der Waals surface area contributed by atoms with Crippen molar-refractivity contribution in [1.29, 1.82) is 0 Å². The molecular formula is C21H21ClN2O2. The van der Waals surface area contributed by atoms with E-state index in [1.165, 1.54) is 6.42 Å². The van der Waals surface area contributed by atoms with Crippen molar-refractivity contribution in [2.45, 2.75) is 31.3 Å². The van der Waals surface area contributed by atoms with Crippen LogP contribution in [0.5, 0.6) is 0 Å². The van der Waals surface area contributed by atoms with Crippen LogP contribution >= 0.6 is 11.6 Å². The predicted octanol–water partition coefficient (Wildman–Crippen LogP) is 4.24. The minimum absolute atomic E-state index is 0.0336. The second-order valence-electron chi connectivity index (χ2n) is 6.78. The second kappa shape index (κ2) is 7.50. The maximum atomic E-state index is 13.1. The normalized spacial score (nSPS) is 22.7. The Morgan fingerprint density at radius 3 is 2.38 bits per heavy atom. The second-order valence-corrected chi connectivity index (χ2v) is 7.22. The summed E-state index contributed by atoms with van der Waals surface area (Å²) in [6.07, 6.45) is 2.68. The largest absolute Gasteiger partial charge is 0.381 e. The van der Waals surface area contributed by atoms with Crippen molar-refractivity contribution in [3.05, 3.63) is 70.7 Å². The highest BCUT2D eigenvalue weighted by Crippen LogP contribution is 2.34. The lowest BCUT2D eigenvalue weighted by molar-refractivity contribution is -0.143. The van der Waals surface area contributed by atoms with E-state index in [0.29, 0.717) is 5.02 Å². The lowest BCUT2D eigenvalue weighted by atomic mass is 9.85. The van der Waals surface area contributed by atoms with Crippen molar-refractivity contribution < 1.29 is 9.63 Å². The van der Waals surface area contributed by atoms with Crippen molar-refractivity contribution in [3.63, 3.8) is 0 Å². The van der Waals surface area contributed by atoms with Gasteiger partial charge in [0.1, 0.15) is 0 Å². The Kier molecular flexibility index (Phi) is 4.93. The first-order valence-electron chi connectivity index (χ1n) is 9.07. The zero-order chi connectivity index (χ0) is 17.9. The lowest BCUT2D eigenvalue weighted by Crippen LogP contribution is -2.44. The summed E-state index contributed by atoms with van der Waals surface area (Å²) >= 11 is 6.02. The summed E-state index contributed by atoms with van der Waals surface area (Å²) in [6.45, 7) is 1.60. The Bertz CT molecular complexity index is 799. The summed E-state index contributed by atoms with van der Waals surface area (Å²) in [7, 11) is 0. The Labute approximate surface area is 158 Å². The van der Waals surface area contributed by atoms with Crippen LogP contribution in [0.2, 0.25) is 5.02 Å². The molecule has 0 N–H and O–H groups in total. The van der Waals surface area contributed by atoms with E-state index < -0.39 is 6.10 Å². The molecule has 0 spiro atoms. The Morgan fingerprint density at radius 1 is 1.00 bits per heavy atom. The first-order chi connectivity index (χ1) is 12.7. The summed E-state index contributed by atoms with van der Waals surface area (Å²) in [4.78, 5) is 20.7. The minimum atomic E-state index is -0.610. The van der Waals surface area contributed by atoms with Gasteiger partial charge in [-0.2, -0.15) is 0 Å². The number of oxime groups is 1. The van der Waals surface area contributed by atoms with Gasteiger partial charge in [0, 0.05) is 23.7 Å². The number of likely N-dealkylation sites (tertiary alicyclic amines) is 1. The third-order valence-corrected chi connectivity index (χ3v) is 5.32. The van der Waals surface area contributed by atoms with E-state index in [-0.39, 0.29) is 11.8 Å². The fourth-order valence-electron chi connectivity index (χ4n) is 3.70. The molecule has 4 nitrogen and oxygen atoms in total. The number of rotatable bonds is 3. The predicted molar refractivity (Wildman–Crippen MR) is 102 cm³/mol. The first kappa shape index (κ1) is 17.1. The number of piperidine rings is 1. The van der Waals surface area contributed by atoms with Gasteiger partial charge in [-0.15, -0.1) is 0 Å². The van der Waals surface area contributed by atoms with Gasteiger partial charge in [-0.1, -0.05) is 59.2 Å². The summed E-state index contributed by atoms with van der Waals surface area (Å²) < 4.78 is 0. The van der Waals surface area contributed by atoms with Gasteiger partial charge in [-0.05, 0) is 37.0 Å². The Balaban J connectivity index is 1.67. The van der Waals surface area contributed by atoms with Crippen molar-refractivity contribution in [2.75, 3.05) is 13.1 Å². The van der Waals surface area contributed by atoms with Crippen LogP contribution in [0.3, 0.4) is 0 Å². The van der Waals surface area contributed by atoms with Crippen molar-refractivity contribution in [2.24, 2.45) is 5.16 Å². The number of carbonyl (C=O) groups is 1. The van der Waals surface area contributed by atoms with E-state index in [1.807, 2.05) is 59.5 Å². The summed E-state index contributed by atoms with van der Waals surface area (Å²) in [5.74, 6) is -0.182. The van der Waals surface area contributed by atoms with E-state index in [4.69, 9.17) is 16.4 Å². The number of benzene rings is 2. The molecule has 1 saturated heterocycles. The number of nitrogens with zero attached hydrogens (tertiary/aromatic N) is 2. The van der Waals surface area contributed by atoms with Gasteiger partial charge in [0.25, 0.3) is 5.91 Å². The monoisotopic (exact) mass is 368 g/mol. The van der Waals surface area contributed by atoms with Crippen LogP contribution in [0.4, 0.5) is 0 Å². The molecule has 0 saturated carbocycles. The maximum Gasteiger partial charge on any atom is 0.267 e. The van der Waals surface area contributed by atoms with Gasteiger partial charge in [-0.25, -0.2) is 0 Å². The molecule has 2 aromatic carbocycles. The Morgan fingerprint density at radius 2 is 1.69 bits per heavy atom. The van der Waals surface area contributed by atoms with Gasteiger partial charge in [-0.3, -0.25) is 4.79 Å². The van der Waals surface area contributed by atoms with Gasteiger partial charge >= 0.3 is 0 Å². The minimum Gasteiger partial charge on any atom is -0.381 e. The average Bonchev–Trinajstić information content (AvgIpc) is 3.14. The molecule has 2 atom stereocenters. The van der Waals surface area contributed by atoms with Crippen LogP contribution in [0.15, 0.2) is 59.8 Å². The van der Waals surface area contributed by atoms with Gasteiger partial charge in [0.05, 0.1) is 11.6 Å². The highest BCUT2D eigenvalue weighted by molar-refractivity contribution is 6.30. The zero-order valence-corrected chi connectivity index (χ0v) is 15.2. The lowest BCUT2D eigenvalue weighted by Gasteiger charge is -2.30. The molecule has 0 bridgehead atoms. The molecule has 1 amide bonds. The molecule has 26 heavy (non-hydrogen) atoms. The van der Waals surface area contributed by atoms with E-state index in [2.05, 4.69) is 5.16 Å². The van der Waals surface area contributed by atoms with Crippen LogP contribution in [-0.4, -0.2) is 35.7 Å². The summed E-state index contributed by atoms with van der Waals surface area (Å²) in [6, 6.07) is 17.5. The number of halogens is 1. The molecule has 0 radical (unpaired) electrons. The molecule has 4 rings (SSSR count). The Hall–Kier alpha value is -2.33. The van der Waals surface area contributed by atoms with Gasteiger partial charge in [0.15, 0.2) is 0 Å². The first-order valence-corrected chi connectivity index (χ1v) is 9.45. The van der Waals surface area contributed by atoms with E-state index in [1.54, 1.807) is 0 Å². The van der Waals surface area contributed by atoms with Crippen LogP contribution in [0.1, 0.15) is 36.3 Å². The van der Waals surface area contributed by atoms with Crippen molar-refractivity contribution in [1.82, 2.24) is 4.90 Å². The van der Waals surface area contributed by atoms with Crippen LogP contribution in [0.25, 0.3) is 0 Å². The molecule has 0 aromatic heterocycles. The van der Waals surface area contributed by atoms with Crippen molar-refractivity contribution in [3.8, 4) is 0 Å². The van der Waals surface area contributed by atoms with Crippen LogP contribution < -0.4 is 0 Å². The molecular weight excluding hydrogens is 348 g/mol. The van der Waals surface area contributed by atoms with E-state index in [9.17, 15) is 4.79 Å². The zero-order valence-electron chi connectivity index (χ0n) is 14.5. The van der Waals surface area contributed by atoms with Gasteiger partial charge in [0.2, 0.25) is 6.10 Å². The summed E-state index contributed by atoms with van der Waals surface area (Å²) in [5.41, 5.74) is 2.74. The third-order valence-electron chi connectivity index (χ3n) is 5.07.